The summed E-state index contributed by atoms with van der Waals surface area (Å²) in [5.41, 5.74) is 6.22. The third kappa shape index (κ3) is 1.53. The van der Waals surface area contributed by atoms with Gasteiger partial charge in [0.05, 0.1) is 0 Å². The number of hydrogen-bond acceptors (Lipinski definition) is 2. The molecule has 3 rings (SSSR count). The SMILES string of the molecule is Cl.N[C@H]1[C@@H]2C[C@@H]([C@H]3CCCC[C@H]32)[C@H]1CO. The Morgan fingerprint density at radius 1 is 1.00 bits per heavy atom. The van der Waals surface area contributed by atoms with E-state index in [1.807, 2.05) is 0 Å². The van der Waals surface area contributed by atoms with Crippen molar-refractivity contribution in [2.24, 2.45) is 35.3 Å². The van der Waals surface area contributed by atoms with Crippen LogP contribution in [0.25, 0.3) is 0 Å². The van der Waals surface area contributed by atoms with Crippen LogP contribution in [0.1, 0.15) is 32.1 Å². The highest BCUT2D eigenvalue weighted by Crippen LogP contribution is 2.58. The predicted octanol–water partition coefficient (Wildman–Crippen LogP) is 1.80. The molecule has 2 bridgehead atoms. The number of aliphatic hydroxyl groups excluding tert-OH is 1. The first-order valence-corrected chi connectivity index (χ1v) is 6.19. The second-order valence-electron chi connectivity index (χ2n) is 5.60. The summed E-state index contributed by atoms with van der Waals surface area (Å²) < 4.78 is 0. The summed E-state index contributed by atoms with van der Waals surface area (Å²) in [7, 11) is 0. The minimum Gasteiger partial charge on any atom is -0.396 e. The molecule has 0 spiro atoms. The Labute approximate surface area is 98.0 Å². The minimum atomic E-state index is 0. The first-order valence-electron chi connectivity index (χ1n) is 6.19. The lowest BCUT2D eigenvalue weighted by Crippen LogP contribution is -2.46. The predicted molar refractivity (Wildman–Crippen MR) is 62.8 cm³/mol. The Hall–Kier alpha value is 0.210. The van der Waals surface area contributed by atoms with Crippen LogP contribution in [0.4, 0.5) is 0 Å². The fourth-order valence-corrected chi connectivity index (χ4v) is 4.71. The second-order valence-corrected chi connectivity index (χ2v) is 5.60. The van der Waals surface area contributed by atoms with Crippen LogP contribution in [0.15, 0.2) is 0 Å². The Morgan fingerprint density at radius 2 is 1.60 bits per heavy atom. The molecule has 3 fully saturated rings. The van der Waals surface area contributed by atoms with Gasteiger partial charge in [0.2, 0.25) is 0 Å². The van der Waals surface area contributed by atoms with Crippen molar-refractivity contribution in [1.29, 1.82) is 0 Å². The Bertz CT molecular complexity index is 234. The molecule has 0 unspecified atom stereocenters. The van der Waals surface area contributed by atoms with Crippen molar-refractivity contribution in [1.82, 2.24) is 0 Å². The van der Waals surface area contributed by atoms with Crippen molar-refractivity contribution in [3.63, 3.8) is 0 Å². The van der Waals surface area contributed by atoms with Gasteiger partial charge in [0, 0.05) is 18.6 Å². The molecule has 0 radical (unpaired) electrons. The van der Waals surface area contributed by atoms with Gasteiger partial charge in [-0.25, -0.2) is 0 Å². The quantitative estimate of drug-likeness (QED) is 0.723. The monoisotopic (exact) mass is 231 g/mol. The van der Waals surface area contributed by atoms with E-state index in [1.165, 1.54) is 32.1 Å². The Kier molecular flexibility index (Phi) is 3.30. The van der Waals surface area contributed by atoms with Gasteiger partial charge in [0.15, 0.2) is 0 Å². The highest BCUT2D eigenvalue weighted by Gasteiger charge is 2.56. The molecule has 88 valence electrons. The standard InChI is InChI=1S/C12H21NO.ClH/c13-12-10-5-9(11(12)6-14)7-3-1-2-4-8(7)10;/h7-12,14H,1-6,13H2;1H/t7-,8+,9-,10+,11+,12-;/m0./s1. The average molecular weight is 232 g/mol. The van der Waals surface area contributed by atoms with Crippen LogP contribution in [0.3, 0.4) is 0 Å². The van der Waals surface area contributed by atoms with Crippen molar-refractivity contribution in [3.8, 4) is 0 Å². The van der Waals surface area contributed by atoms with E-state index >= 15 is 0 Å². The average Bonchev–Trinajstić information content (AvgIpc) is 2.74. The Balaban J connectivity index is 0.000000853. The lowest BCUT2D eigenvalue weighted by atomic mass is 9.66. The zero-order chi connectivity index (χ0) is 9.71. The summed E-state index contributed by atoms with van der Waals surface area (Å²) in [5.74, 6) is 3.80. The highest BCUT2D eigenvalue weighted by molar-refractivity contribution is 5.85. The molecule has 0 aromatic heterocycles. The van der Waals surface area contributed by atoms with E-state index in [9.17, 15) is 5.11 Å². The van der Waals surface area contributed by atoms with E-state index in [4.69, 9.17) is 5.73 Å². The van der Waals surface area contributed by atoms with Gasteiger partial charge in [-0.15, -0.1) is 12.4 Å². The molecular weight excluding hydrogens is 210 g/mol. The lowest BCUT2D eigenvalue weighted by Gasteiger charge is -2.41. The van der Waals surface area contributed by atoms with E-state index < -0.39 is 0 Å². The van der Waals surface area contributed by atoms with Gasteiger partial charge in [-0.2, -0.15) is 0 Å². The Morgan fingerprint density at radius 3 is 2.20 bits per heavy atom. The van der Waals surface area contributed by atoms with Gasteiger partial charge in [-0.05, 0) is 42.9 Å². The maximum Gasteiger partial charge on any atom is 0.0476 e. The van der Waals surface area contributed by atoms with Crippen LogP contribution < -0.4 is 5.73 Å². The third-order valence-corrected chi connectivity index (χ3v) is 5.27. The molecule has 0 aliphatic heterocycles. The van der Waals surface area contributed by atoms with E-state index in [1.54, 1.807) is 0 Å². The summed E-state index contributed by atoms with van der Waals surface area (Å²) >= 11 is 0. The molecule has 2 nitrogen and oxygen atoms in total. The molecule has 15 heavy (non-hydrogen) atoms. The van der Waals surface area contributed by atoms with Crippen molar-refractivity contribution < 1.29 is 5.11 Å². The number of fused-ring (bicyclic) bond motifs is 5. The lowest BCUT2D eigenvalue weighted by molar-refractivity contribution is 0.0628. The van der Waals surface area contributed by atoms with Gasteiger partial charge >= 0.3 is 0 Å². The maximum atomic E-state index is 9.37. The van der Waals surface area contributed by atoms with Gasteiger partial charge in [-0.1, -0.05) is 12.8 Å². The second kappa shape index (κ2) is 4.23. The van der Waals surface area contributed by atoms with E-state index in [-0.39, 0.29) is 12.4 Å². The van der Waals surface area contributed by atoms with Crippen LogP contribution in [0, 0.1) is 29.6 Å². The third-order valence-electron chi connectivity index (χ3n) is 5.27. The molecule has 3 heteroatoms. The largest absolute Gasteiger partial charge is 0.396 e. The van der Waals surface area contributed by atoms with Crippen molar-refractivity contribution in [3.05, 3.63) is 0 Å². The number of aliphatic hydroxyl groups is 1. The van der Waals surface area contributed by atoms with E-state index in [0.29, 0.717) is 18.6 Å². The van der Waals surface area contributed by atoms with Crippen LogP contribution in [-0.2, 0) is 0 Å². The van der Waals surface area contributed by atoms with E-state index in [2.05, 4.69) is 0 Å². The molecule has 0 heterocycles. The summed E-state index contributed by atoms with van der Waals surface area (Å²) in [4.78, 5) is 0. The molecule has 3 aliphatic rings. The van der Waals surface area contributed by atoms with Crippen molar-refractivity contribution >= 4 is 12.4 Å². The summed E-state index contributed by atoms with van der Waals surface area (Å²) in [6.45, 7) is 0.325. The van der Waals surface area contributed by atoms with Crippen molar-refractivity contribution in [2.45, 2.75) is 38.1 Å². The fraction of sp³-hybridized carbons (Fsp3) is 1.00. The number of hydrogen-bond donors (Lipinski definition) is 2. The van der Waals surface area contributed by atoms with Gasteiger partial charge in [0.25, 0.3) is 0 Å². The summed E-state index contributed by atoms with van der Waals surface area (Å²) in [5, 5.41) is 9.37. The van der Waals surface area contributed by atoms with Gasteiger partial charge in [-0.3, -0.25) is 0 Å². The molecule has 0 aromatic carbocycles. The van der Waals surface area contributed by atoms with Gasteiger partial charge in [0.1, 0.15) is 0 Å². The van der Waals surface area contributed by atoms with Crippen LogP contribution in [0.5, 0.6) is 0 Å². The molecule has 0 saturated heterocycles. The van der Waals surface area contributed by atoms with Crippen LogP contribution in [0.2, 0.25) is 0 Å². The number of halogens is 1. The topological polar surface area (TPSA) is 46.2 Å². The van der Waals surface area contributed by atoms with Crippen LogP contribution >= 0.6 is 12.4 Å². The smallest absolute Gasteiger partial charge is 0.0476 e. The minimum absolute atomic E-state index is 0. The summed E-state index contributed by atoms with van der Waals surface area (Å²) in [6.07, 6.45) is 6.98. The molecular formula is C12H22ClNO. The maximum absolute atomic E-state index is 9.37. The molecule has 3 saturated carbocycles. The highest BCUT2D eigenvalue weighted by atomic mass is 35.5. The van der Waals surface area contributed by atoms with Crippen LogP contribution in [-0.4, -0.2) is 17.8 Å². The normalized spacial score (nSPS) is 52.4. The van der Waals surface area contributed by atoms with E-state index in [0.717, 1.165) is 23.7 Å². The first-order chi connectivity index (χ1) is 6.83. The molecule has 0 amide bonds. The van der Waals surface area contributed by atoms with Gasteiger partial charge < -0.3 is 10.8 Å². The molecule has 3 N–H and O–H groups in total. The zero-order valence-electron chi connectivity index (χ0n) is 9.14. The summed E-state index contributed by atoms with van der Waals surface area (Å²) in [6, 6.07) is 0.310. The molecule has 3 aliphatic carbocycles. The number of rotatable bonds is 1. The first kappa shape index (κ1) is 11.7. The molecule has 0 aromatic rings. The zero-order valence-corrected chi connectivity index (χ0v) is 9.96. The van der Waals surface area contributed by atoms with Crippen molar-refractivity contribution in [2.75, 3.05) is 6.61 Å². The fourth-order valence-electron chi connectivity index (χ4n) is 4.71. The number of nitrogens with two attached hydrogens (primary N) is 1. The molecule has 6 atom stereocenters.